The molecular weight excluding hydrogens is 396 g/mol. The van der Waals surface area contributed by atoms with Crippen LogP contribution < -0.4 is 14.8 Å². The zero-order valence-electron chi connectivity index (χ0n) is 16.3. The molecular formula is C20H24N2O6S. The number of rotatable bonds is 10. The van der Waals surface area contributed by atoms with Gasteiger partial charge in [0.1, 0.15) is 12.3 Å². The largest absolute Gasteiger partial charge is 0.494 e. The van der Waals surface area contributed by atoms with Crippen molar-refractivity contribution >= 4 is 27.6 Å². The van der Waals surface area contributed by atoms with Crippen molar-refractivity contribution in [1.29, 1.82) is 0 Å². The van der Waals surface area contributed by atoms with Gasteiger partial charge in [0.05, 0.1) is 18.6 Å². The zero-order valence-corrected chi connectivity index (χ0v) is 17.1. The van der Waals surface area contributed by atoms with Crippen LogP contribution in [-0.4, -0.2) is 40.6 Å². The average molecular weight is 420 g/mol. The molecule has 0 aliphatic heterocycles. The van der Waals surface area contributed by atoms with E-state index in [4.69, 9.17) is 4.74 Å². The Hall–Kier alpha value is -2.91. The van der Waals surface area contributed by atoms with Crippen LogP contribution in [-0.2, 0) is 24.3 Å². The molecule has 29 heavy (non-hydrogen) atoms. The number of hydrogen-bond acceptors (Lipinski definition) is 6. The first kappa shape index (κ1) is 22.4. The predicted octanol–water partition coefficient (Wildman–Crippen LogP) is 2.24. The molecule has 2 aromatic rings. The summed E-state index contributed by atoms with van der Waals surface area (Å²) in [4.78, 5) is 23.1. The van der Waals surface area contributed by atoms with E-state index in [9.17, 15) is 18.0 Å². The van der Waals surface area contributed by atoms with Gasteiger partial charge in [-0.1, -0.05) is 17.7 Å². The highest BCUT2D eigenvalue weighted by Gasteiger charge is 2.15. The van der Waals surface area contributed by atoms with Gasteiger partial charge in [0.15, 0.2) is 0 Å². The highest BCUT2D eigenvalue weighted by molar-refractivity contribution is 7.89. The van der Waals surface area contributed by atoms with Crippen molar-refractivity contribution in [3.05, 3.63) is 54.1 Å². The Morgan fingerprint density at radius 1 is 1.00 bits per heavy atom. The molecule has 2 N–H and O–H groups in total. The summed E-state index contributed by atoms with van der Waals surface area (Å²) in [6.07, 6.45) is 0.816. The third-order valence-corrected chi connectivity index (χ3v) is 5.34. The van der Waals surface area contributed by atoms with Gasteiger partial charge in [-0.3, -0.25) is 9.59 Å². The second-order valence-electron chi connectivity index (χ2n) is 6.24. The van der Waals surface area contributed by atoms with Crippen LogP contribution in [0.3, 0.4) is 0 Å². The molecule has 0 unspecified atom stereocenters. The van der Waals surface area contributed by atoms with Crippen LogP contribution in [0.2, 0.25) is 0 Å². The molecule has 2 rings (SSSR count). The highest BCUT2D eigenvalue weighted by Crippen LogP contribution is 2.15. The predicted molar refractivity (Wildman–Crippen MR) is 108 cm³/mol. The van der Waals surface area contributed by atoms with Gasteiger partial charge in [0, 0.05) is 12.1 Å². The van der Waals surface area contributed by atoms with Crippen molar-refractivity contribution in [3.63, 3.8) is 0 Å². The van der Waals surface area contributed by atoms with Gasteiger partial charge in [0.2, 0.25) is 15.9 Å². The van der Waals surface area contributed by atoms with Crippen LogP contribution in [0.4, 0.5) is 5.69 Å². The quantitative estimate of drug-likeness (QED) is 0.451. The van der Waals surface area contributed by atoms with Crippen LogP contribution >= 0.6 is 0 Å². The van der Waals surface area contributed by atoms with Crippen molar-refractivity contribution in [2.75, 3.05) is 25.6 Å². The monoisotopic (exact) mass is 420 g/mol. The van der Waals surface area contributed by atoms with Crippen molar-refractivity contribution in [1.82, 2.24) is 4.72 Å². The van der Waals surface area contributed by atoms with E-state index >= 15 is 0 Å². The first-order valence-corrected chi connectivity index (χ1v) is 10.4. The number of ether oxygens (including phenoxy) is 2. The van der Waals surface area contributed by atoms with E-state index in [1.807, 2.05) is 31.2 Å². The molecule has 0 radical (unpaired) electrons. The Bertz CT molecular complexity index is 924. The molecule has 156 valence electrons. The summed E-state index contributed by atoms with van der Waals surface area (Å²) in [5, 5.41) is 2.70. The van der Waals surface area contributed by atoms with Gasteiger partial charge < -0.3 is 14.8 Å². The summed E-state index contributed by atoms with van der Waals surface area (Å²) in [5.74, 6) is -0.130. The Labute approximate surface area is 170 Å². The Morgan fingerprint density at radius 2 is 1.66 bits per heavy atom. The number of carbonyl (C=O) groups is 2. The lowest BCUT2D eigenvalue weighted by molar-refractivity contribution is -0.139. The molecule has 0 fully saturated rings. The van der Waals surface area contributed by atoms with Crippen molar-refractivity contribution < 1.29 is 27.5 Å². The minimum atomic E-state index is -3.84. The normalized spacial score (nSPS) is 11.0. The van der Waals surface area contributed by atoms with E-state index in [1.165, 1.54) is 31.4 Å². The van der Waals surface area contributed by atoms with Crippen molar-refractivity contribution in [2.24, 2.45) is 0 Å². The fourth-order valence-electron chi connectivity index (χ4n) is 2.31. The molecule has 0 bridgehead atoms. The van der Waals surface area contributed by atoms with Crippen LogP contribution in [0.1, 0.15) is 18.4 Å². The highest BCUT2D eigenvalue weighted by atomic mass is 32.2. The minimum absolute atomic E-state index is 0.0223. The number of amides is 1. The Balaban J connectivity index is 1.77. The molecule has 0 aromatic heterocycles. The van der Waals surface area contributed by atoms with Gasteiger partial charge in [-0.15, -0.1) is 0 Å². The summed E-state index contributed by atoms with van der Waals surface area (Å²) in [5.41, 5.74) is 1.62. The molecule has 9 heteroatoms. The number of anilines is 1. The van der Waals surface area contributed by atoms with Gasteiger partial charge >= 0.3 is 5.97 Å². The van der Waals surface area contributed by atoms with E-state index in [1.54, 1.807) is 0 Å². The molecule has 0 saturated heterocycles. The number of carbonyl (C=O) groups excluding carboxylic acids is 2. The van der Waals surface area contributed by atoms with Crippen molar-refractivity contribution in [2.45, 2.75) is 24.7 Å². The number of methoxy groups -OCH3 is 1. The van der Waals surface area contributed by atoms with E-state index in [2.05, 4.69) is 14.8 Å². The topological polar surface area (TPSA) is 111 Å². The summed E-state index contributed by atoms with van der Waals surface area (Å²) < 4.78 is 36.3. The second-order valence-corrected chi connectivity index (χ2v) is 8.01. The third-order valence-electron chi connectivity index (χ3n) is 3.92. The lowest BCUT2D eigenvalue weighted by atomic mass is 10.2. The first-order valence-electron chi connectivity index (χ1n) is 8.96. The maximum atomic E-state index is 12.1. The number of benzene rings is 2. The SMILES string of the molecule is COC(=O)CNS(=O)(=O)c1ccc(NC(=O)CCCOc2ccc(C)cc2)cc1. The van der Waals surface area contributed by atoms with Crippen LogP contribution in [0, 0.1) is 6.92 Å². The maximum Gasteiger partial charge on any atom is 0.320 e. The average Bonchev–Trinajstić information content (AvgIpc) is 2.71. The summed E-state index contributed by atoms with van der Waals surface area (Å²) in [6.45, 7) is 1.95. The van der Waals surface area contributed by atoms with Gasteiger partial charge in [-0.25, -0.2) is 8.42 Å². The number of aryl methyl sites for hydroxylation is 1. The fourth-order valence-corrected chi connectivity index (χ4v) is 3.28. The lowest BCUT2D eigenvalue weighted by Gasteiger charge is -2.09. The molecule has 0 aliphatic carbocycles. The van der Waals surface area contributed by atoms with E-state index in [0.29, 0.717) is 18.7 Å². The molecule has 0 atom stereocenters. The molecule has 0 heterocycles. The Kier molecular flexibility index (Phi) is 8.17. The molecule has 1 amide bonds. The van der Waals surface area contributed by atoms with Crippen LogP contribution in [0.15, 0.2) is 53.4 Å². The molecule has 0 saturated carbocycles. The Morgan fingerprint density at radius 3 is 2.28 bits per heavy atom. The summed E-state index contributed by atoms with van der Waals surface area (Å²) >= 11 is 0. The molecule has 0 aliphatic rings. The fraction of sp³-hybridized carbons (Fsp3) is 0.300. The summed E-state index contributed by atoms with van der Waals surface area (Å²) in [7, 11) is -2.67. The zero-order chi connectivity index (χ0) is 21.3. The molecule has 2 aromatic carbocycles. The minimum Gasteiger partial charge on any atom is -0.494 e. The number of esters is 1. The van der Waals surface area contributed by atoms with Gasteiger partial charge in [-0.2, -0.15) is 4.72 Å². The summed E-state index contributed by atoms with van der Waals surface area (Å²) in [6, 6.07) is 13.3. The smallest absolute Gasteiger partial charge is 0.320 e. The van der Waals surface area contributed by atoms with E-state index < -0.39 is 22.5 Å². The van der Waals surface area contributed by atoms with E-state index in [-0.39, 0.29) is 17.2 Å². The second kappa shape index (κ2) is 10.6. The van der Waals surface area contributed by atoms with Crippen LogP contribution in [0.5, 0.6) is 5.75 Å². The number of hydrogen-bond donors (Lipinski definition) is 2. The lowest BCUT2D eigenvalue weighted by Crippen LogP contribution is -2.30. The van der Waals surface area contributed by atoms with Crippen LogP contribution in [0.25, 0.3) is 0 Å². The number of nitrogens with one attached hydrogen (secondary N) is 2. The maximum absolute atomic E-state index is 12.1. The molecule has 0 spiro atoms. The standard InChI is InChI=1S/C20H24N2O6S/c1-15-5-9-17(10-6-15)28-13-3-4-19(23)22-16-7-11-18(12-8-16)29(25,26)21-14-20(24)27-2/h5-12,21H,3-4,13-14H2,1-2H3,(H,22,23). The first-order chi connectivity index (χ1) is 13.8. The molecule has 8 nitrogen and oxygen atoms in total. The van der Waals surface area contributed by atoms with E-state index in [0.717, 1.165) is 11.3 Å². The van der Waals surface area contributed by atoms with Crippen molar-refractivity contribution in [3.8, 4) is 5.75 Å². The van der Waals surface area contributed by atoms with Gasteiger partial charge in [-0.05, 0) is 49.7 Å². The van der Waals surface area contributed by atoms with Gasteiger partial charge in [0.25, 0.3) is 0 Å². The third kappa shape index (κ3) is 7.55. The number of sulfonamides is 1.